The summed E-state index contributed by atoms with van der Waals surface area (Å²) in [7, 11) is -2.96. The average Bonchev–Trinajstić information content (AvgIpc) is 2.35. The quantitative estimate of drug-likeness (QED) is 0.495. The lowest BCUT2D eigenvalue weighted by molar-refractivity contribution is -0.123. The Hall–Kier alpha value is -0.143. The molecule has 0 saturated heterocycles. The normalized spacial score (nSPS) is 14.2. The van der Waals surface area contributed by atoms with Gasteiger partial charge in [-0.15, -0.1) is 11.6 Å². The van der Waals surface area contributed by atoms with Crippen LogP contribution in [0.1, 0.15) is 48.0 Å². The zero-order valence-corrected chi connectivity index (χ0v) is 15.2. The van der Waals surface area contributed by atoms with E-state index < -0.39 is 13.7 Å². The number of hydrogen-bond acceptors (Lipinski definition) is 4. The molecule has 1 atom stereocenters. The standard InChI is InChI=1S/C13H28ClNO4Si/c1-7-11(15-12(16)13(5,6)14)20(17-8-2,18-9-3)19-10-4/h11H,7-10H2,1-6H3,(H,15,16). The molecule has 0 aromatic heterocycles. The van der Waals surface area contributed by atoms with E-state index in [1.54, 1.807) is 13.8 Å². The molecular formula is C13H28ClNO4Si. The van der Waals surface area contributed by atoms with Crippen LogP contribution in [0.15, 0.2) is 0 Å². The molecule has 0 aromatic rings. The van der Waals surface area contributed by atoms with Gasteiger partial charge in [0.1, 0.15) is 4.87 Å². The second-order valence-corrected chi connectivity index (χ2v) is 8.52. The van der Waals surface area contributed by atoms with Crippen LogP contribution in [0.25, 0.3) is 0 Å². The van der Waals surface area contributed by atoms with E-state index in [1.807, 2.05) is 27.7 Å². The molecule has 0 aliphatic rings. The number of rotatable bonds is 10. The summed E-state index contributed by atoms with van der Waals surface area (Å²) in [6.07, 6.45) is 0.658. The minimum absolute atomic E-state index is 0.248. The van der Waals surface area contributed by atoms with Crippen LogP contribution in [0.2, 0.25) is 0 Å². The Labute approximate surface area is 128 Å². The molecule has 1 N–H and O–H groups in total. The first kappa shape index (κ1) is 19.9. The smallest absolute Gasteiger partial charge is 0.373 e. The van der Waals surface area contributed by atoms with E-state index in [1.165, 1.54) is 0 Å². The van der Waals surface area contributed by atoms with E-state index in [4.69, 9.17) is 24.9 Å². The van der Waals surface area contributed by atoms with E-state index in [2.05, 4.69) is 5.32 Å². The highest BCUT2D eigenvalue weighted by molar-refractivity contribution is 6.63. The summed E-state index contributed by atoms with van der Waals surface area (Å²) in [4.78, 5) is 11.1. The van der Waals surface area contributed by atoms with Crippen molar-refractivity contribution in [1.82, 2.24) is 5.32 Å². The van der Waals surface area contributed by atoms with Gasteiger partial charge in [0.05, 0.1) is 5.67 Å². The van der Waals surface area contributed by atoms with E-state index in [9.17, 15) is 4.79 Å². The fourth-order valence-corrected chi connectivity index (χ4v) is 4.72. The van der Waals surface area contributed by atoms with Crippen molar-refractivity contribution in [3.8, 4) is 0 Å². The molecule has 7 heteroatoms. The first-order valence-corrected chi connectivity index (χ1v) is 9.37. The van der Waals surface area contributed by atoms with Crippen molar-refractivity contribution in [2.45, 2.75) is 58.5 Å². The SMILES string of the molecule is CCO[Si](OCC)(OCC)C(CC)NC(=O)C(C)(C)Cl. The van der Waals surface area contributed by atoms with Gasteiger partial charge in [0.25, 0.3) is 0 Å². The second kappa shape index (κ2) is 8.99. The minimum atomic E-state index is -2.96. The Morgan fingerprint density at radius 3 is 1.75 bits per heavy atom. The monoisotopic (exact) mass is 325 g/mol. The molecule has 0 bridgehead atoms. The molecule has 0 radical (unpaired) electrons. The number of carbonyl (C=O) groups excluding carboxylic acids is 1. The summed E-state index contributed by atoms with van der Waals surface area (Å²) in [6, 6.07) is 0. The molecule has 1 amide bonds. The third-order valence-electron chi connectivity index (χ3n) is 2.72. The number of alkyl halides is 1. The van der Waals surface area contributed by atoms with Gasteiger partial charge in [0, 0.05) is 19.8 Å². The highest BCUT2D eigenvalue weighted by atomic mass is 35.5. The Bertz CT molecular complexity index is 280. The maximum Gasteiger partial charge on any atom is 0.524 e. The maximum absolute atomic E-state index is 12.1. The zero-order valence-electron chi connectivity index (χ0n) is 13.4. The van der Waals surface area contributed by atoms with E-state index >= 15 is 0 Å². The van der Waals surface area contributed by atoms with Crippen LogP contribution in [0.3, 0.4) is 0 Å². The van der Waals surface area contributed by atoms with Crippen molar-refractivity contribution in [3.63, 3.8) is 0 Å². The molecule has 0 rings (SSSR count). The van der Waals surface area contributed by atoms with E-state index in [-0.39, 0.29) is 11.6 Å². The van der Waals surface area contributed by atoms with Crippen molar-refractivity contribution < 1.29 is 18.1 Å². The summed E-state index contributed by atoms with van der Waals surface area (Å²) < 4.78 is 17.4. The van der Waals surface area contributed by atoms with Gasteiger partial charge in [-0.05, 0) is 41.0 Å². The Kier molecular flexibility index (Phi) is 8.93. The first-order chi connectivity index (χ1) is 9.27. The highest BCUT2D eigenvalue weighted by Gasteiger charge is 2.50. The molecule has 0 heterocycles. The van der Waals surface area contributed by atoms with Gasteiger partial charge in [-0.25, -0.2) is 0 Å². The molecule has 0 saturated carbocycles. The van der Waals surface area contributed by atoms with Crippen molar-refractivity contribution in [2.75, 3.05) is 19.8 Å². The van der Waals surface area contributed by atoms with Crippen molar-refractivity contribution in [2.24, 2.45) is 0 Å². The first-order valence-electron chi connectivity index (χ1n) is 7.19. The summed E-state index contributed by atoms with van der Waals surface area (Å²) in [5.74, 6) is -0.248. The summed E-state index contributed by atoms with van der Waals surface area (Å²) in [5, 5.41) is 2.92. The van der Waals surface area contributed by atoms with Crippen LogP contribution in [0, 0.1) is 0 Å². The van der Waals surface area contributed by atoms with Gasteiger partial charge < -0.3 is 18.6 Å². The maximum atomic E-state index is 12.1. The van der Waals surface area contributed by atoms with Crippen LogP contribution in [0.5, 0.6) is 0 Å². The van der Waals surface area contributed by atoms with Crippen LogP contribution >= 0.6 is 11.6 Å². The topological polar surface area (TPSA) is 56.8 Å². The van der Waals surface area contributed by atoms with Gasteiger partial charge in [0.2, 0.25) is 5.91 Å². The van der Waals surface area contributed by atoms with Gasteiger partial charge in [0.15, 0.2) is 0 Å². The molecule has 0 aromatic carbocycles. The molecule has 120 valence electrons. The van der Waals surface area contributed by atoms with E-state index in [0.29, 0.717) is 26.2 Å². The third kappa shape index (κ3) is 5.69. The van der Waals surface area contributed by atoms with Gasteiger partial charge in [-0.3, -0.25) is 4.79 Å². The van der Waals surface area contributed by atoms with Crippen molar-refractivity contribution in [3.05, 3.63) is 0 Å². The predicted octanol–water partition coefficient (Wildman–Crippen LogP) is 2.49. The molecule has 0 fully saturated rings. The Morgan fingerprint density at radius 2 is 1.50 bits per heavy atom. The largest absolute Gasteiger partial charge is 0.524 e. The molecular weight excluding hydrogens is 298 g/mol. The predicted molar refractivity (Wildman–Crippen MR) is 82.8 cm³/mol. The minimum Gasteiger partial charge on any atom is -0.373 e. The number of hydrogen-bond donors (Lipinski definition) is 1. The van der Waals surface area contributed by atoms with Gasteiger partial charge in [-0.2, -0.15) is 0 Å². The summed E-state index contributed by atoms with van der Waals surface area (Å²) in [5.41, 5.74) is -0.298. The van der Waals surface area contributed by atoms with Crippen molar-refractivity contribution >= 4 is 26.3 Å². The fraction of sp³-hybridized carbons (Fsp3) is 0.923. The van der Waals surface area contributed by atoms with Crippen LogP contribution in [-0.2, 0) is 18.1 Å². The fourth-order valence-electron chi connectivity index (χ4n) is 1.80. The molecule has 0 spiro atoms. The highest BCUT2D eigenvalue weighted by Crippen LogP contribution is 2.20. The number of carbonyl (C=O) groups is 1. The zero-order chi connectivity index (χ0) is 15.8. The number of amides is 1. The van der Waals surface area contributed by atoms with Crippen LogP contribution in [-0.4, -0.2) is 45.1 Å². The number of nitrogens with one attached hydrogen (secondary N) is 1. The number of halogens is 1. The van der Waals surface area contributed by atoms with Gasteiger partial charge >= 0.3 is 8.80 Å². The van der Waals surface area contributed by atoms with Crippen LogP contribution < -0.4 is 5.32 Å². The average molecular weight is 326 g/mol. The van der Waals surface area contributed by atoms with Crippen molar-refractivity contribution in [1.29, 1.82) is 0 Å². The third-order valence-corrected chi connectivity index (χ3v) is 6.37. The lowest BCUT2D eigenvalue weighted by Crippen LogP contribution is -2.64. The van der Waals surface area contributed by atoms with Gasteiger partial charge in [-0.1, -0.05) is 6.92 Å². The molecule has 0 aliphatic carbocycles. The Balaban J connectivity index is 5.20. The Morgan fingerprint density at radius 1 is 1.10 bits per heavy atom. The summed E-state index contributed by atoms with van der Waals surface area (Å²) >= 11 is 6.05. The van der Waals surface area contributed by atoms with E-state index in [0.717, 1.165) is 0 Å². The molecule has 20 heavy (non-hydrogen) atoms. The second-order valence-electron chi connectivity index (χ2n) is 4.81. The molecule has 1 unspecified atom stereocenters. The molecule has 0 aliphatic heterocycles. The van der Waals surface area contributed by atoms with Crippen LogP contribution in [0.4, 0.5) is 0 Å². The summed E-state index contributed by atoms with van der Waals surface area (Å²) in [6.45, 7) is 12.4. The lowest BCUT2D eigenvalue weighted by Gasteiger charge is -2.36. The molecule has 5 nitrogen and oxygen atoms in total. The lowest BCUT2D eigenvalue weighted by atomic mass is 10.2.